The summed E-state index contributed by atoms with van der Waals surface area (Å²) < 4.78 is 5.27. The second-order valence-corrected chi connectivity index (χ2v) is 7.46. The van der Waals surface area contributed by atoms with Crippen molar-refractivity contribution in [2.75, 3.05) is 36.5 Å². The molecule has 0 radical (unpaired) electrons. The summed E-state index contributed by atoms with van der Waals surface area (Å²) in [7, 11) is 0. The summed E-state index contributed by atoms with van der Waals surface area (Å²) in [5.74, 6) is -1.17. The molecule has 2 aromatic carbocycles. The number of benzene rings is 2. The monoisotopic (exact) mass is 425 g/mol. The van der Waals surface area contributed by atoms with Crippen LogP contribution >= 0.6 is 11.6 Å². The Morgan fingerprint density at radius 3 is 2.23 bits per heavy atom. The summed E-state index contributed by atoms with van der Waals surface area (Å²) in [5, 5.41) is 2.75. The van der Waals surface area contributed by atoms with Crippen LogP contribution in [0.2, 0.25) is 0 Å². The first-order valence-electron chi connectivity index (χ1n) is 9.55. The minimum absolute atomic E-state index is 0.00879. The van der Waals surface area contributed by atoms with Gasteiger partial charge in [-0.1, -0.05) is 29.3 Å². The molecule has 0 spiro atoms. The molecule has 0 unspecified atom stereocenters. The minimum atomic E-state index is -0.577. The molecule has 30 heavy (non-hydrogen) atoms. The van der Waals surface area contributed by atoms with Crippen molar-refractivity contribution in [1.29, 1.82) is 0 Å². The number of nitrogens with one attached hydrogen (secondary N) is 1. The molecular formula is C22H20ClN3O4. The largest absolute Gasteiger partial charge is 0.378 e. The van der Waals surface area contributed by atoms with Gasteiger partial charge in [0.15, 0.2) is 0 Å². The van der Waals surface area contributed by atoms with E-state index >= 15 is 0 Å². The fourth-order valence-corrected chi connectivity index (χ4v) is 3.54. The fourth-order valence-electron chi connectivity index (χ4n) is 3.33. The average molecular weight is 426 g/mol. The molecule has 1 saturated heterocycles. The van der Waals surface area contributed by atoms with E-state index in [9.17, 15) is 14.4 Å². The highest BCUT2D eigenvalue weighted by atomic mass is 35.5. The Kier molecular flexibility index (Phi) is 5.57. The van der Waals surface area contributed by atoms with Crippen molar-refractivity contribution >= 4 is 40.7 Å². The van der Waals surface area contributed by atoms with Crippen molar-refractivity contribution in [3.05, 3.63) is 70.4 Å². The first kappa shape index (κ1) is 20.1. The number of hydrogen-bond donors (Lipinski definition) is 1. The van der Waals surface area contributed by atoms with E-state index in [0.717, 1.165) is 10.5 Å². The number of aryl methyl sites for hydroxylation is 1. The maximum absolute atomic E-state index is 12.8. The zero-order chi connectivity index (χ0) is 21.3. The molecule has 1 N–H and O–H groups in total. The number of morpholine rings is 1. The highest BCUT2D eigenvalue weighted by molar-refractivity contribution is 6.53. The lowest BCUT2D eigenvalue weighted by Gasteiger charge is -2.26. The number of nitrogens with zero attached hydrogens (tertiary/aromatic N) is 2. The van der Waals surface area contributed by atoms with Crippen LogP contribution in [0.25, 0.3) is 0 Å². The molecule has 8 heteroatoms. The van der Waals surface area contributed by atoms with Crippen LogP contribution in [0.15, 0.2) is 59.3 Å². The summed E-state index contributed by atoms with van der Waals surface area (Å²) in [6, 6.07) is 13.7. The number of rotatable bonds is 4. The van der Waals surface area contributed by atoms with Crippen LogP contribution in [-0.4, -0.2) is 48.9 Å². The van der Waals surface area contributed by atoms with Crippen molar-refractivity contribution < 1.29 is 19.1 Å². The van der Waals surface area contributed by atoms with Gasteiger partial charge in [0.25, 0.3) is 17.7 Å². The van der Waals surface area contributed by atoms with E-state index in [1.807, 2.05) is 19.1 Å². The Hall–Kier alpha value is -3.16. The van der Waals surface area contributed by atoms with Crippen LogP contribution in [0.5, 0.6) is 0 Å². The summed E-state index contributed by atoms with van der Waals surface area (Å²) in [4.78, 5) is 40.7. The van der Waals surface area contributed by atoms with E-state index in [0.29, 0.717) is 43.2 Å². The van der Waals surface area contributed by atoms with Gasteiger partial charge in [-0.3, -0.25) is 14.4 Å². The minimum Gasteiger partial charge on any atom is -0.378 e. The number of halogens is 1. The predicted molar refractivity (Wildman–Crippen MR) is 113 cm³/mol. The molecule has 3 amide bonds. The van der Waals surface area contributed by atoms with Gasteiger partial charge < -0.3 is 15.0 Å². The van der Waals surface area contributed by atoms with Crippen LogP contribution in [0.4, 0.5) is 11.4 Å². The van der Waals surface area contributed by atoms with Gasteiger partial charge in [-0.05, 0) is 43.3 Å². The van der Waals surface area contributed by atoms with E-state index in [4.69, 9.17) is 16.3 Å². The molecule has 2 aliphatic rings. The van der Waals surface area contributed by atoms with Crippen LogP contribution in [0, 0.1) is 6.92 Å². The molecule has 0 atom stereocenters. The van der Waals surface area contributed by atoms with Crippen molar-refractivity contribution in [3.63, 3.8) is 0 Å². The molecule has 0 aliphatic carbocycles. The second kappa shape index (κ2) is 8.30. The first-order chi connectivity index (χ1) is 14.5. The topological polar surface area (TPSA) is 79.0 Å². The van der Waals surface area contributed by atoms with Gasteiger partial charge in [0.05, 0.1) is 18.9 Å². The summed E-state index contributed by atoms with van der Waals surface area (Å²) in [6.07, 6.45) is 0. The number of ether oxygens (including phenoxy) is 1. The molecule has 2 heterocycles. The van der Waals surface area contributed by atoms with Gasteiger partial charge in [-0.15, -0.1) is 0 Å². The molecule has 0 saturated carbocycles. The molecule has 154 valence electrons. The van der Waals surface area contributed by atoms with Gasteiger partial charge in [0.1, 0.15) is 10.7 Å². The van der Waals surface area contributed by atoms with Crippen LogP contribution < -0.4 is 10.2 Å². The highest BCUT2D eigenvalue weighted by Gasteiger charge is 2.38. The summed E-state index contributed by atoms with van der Waals surface area (Å²) in [5.41, 5.74) is 2.57. The SMILES string of the molecule is Cc1ccc(N2C(=O)C(Cl)=C(Nc3ccc(C(=O)N4CCOCC4)cc3)C2=O)cc1. The number of anilines is 2. The number of imide groups is 1. The lowest BCUT2D eigenvalue weighted by Crippen LogP contribution is -2.40. The summed E-state index contributed by atoms with van der Waals surface area (Å²) >= 11 is 6.17. The Morgan fingerprint density at radius 1 is 0.967 bits per heavy atom. The van der Waals surface area contributed by atoms with Crippen LogP contribution in [0.1, 0.15) is 15.9 Å². The predicted octanol–water partition coefficient (Wildman–Crippen LogP) is 2.90. The molecular weight excluding hydrogens is 406 g/mol. The number of hydrogen-bond acceptors (Lipinski definition) is 5. The second-order valence-electron chi connectivity index (χ2n) is 7.08. The average Bonchev–Trinajstić information content (AvgIpc) is 2.98. The van der Waals surface area contributed by atoms with Crippen molar-refractivity contribution in [2.24, 2.45) is 0 Å². The van der Waals surface area contributed by atoms with Crippen molar-refractivity contribution in [1.82, 2.24) is 4.90 Å². The van der Waals surface area contributed by atoms with Gasteiger partial charge >= 0.3 is 0 Å². The van der Waals surface area contributed by atoms with Gasteiger partial charge in [0.2, 0.25) is 0 Å². The standard InChI is InChI=1S/C22H20ClN3O4/c1-14-2-8-17(9-3-14)26-21(28)18(23)19(22(26)29)24-16-6-4-15(5-7-16)20(27)25-10-12-30-13-11-25/h2-9,24H,10-13H2,1H3. The Morgan fingerprint density at radius 2 is 1.60 bits per heavy atom. The van der Waals surface area contributed by atoms with Gasteiger partial charge in [-0.2, -0.15) is 0 Å². The fraction of sp³-hybridized carbons (Fsp3) is 0.227. The number of carbonyl (C=O) groups excluding carboxylic acids is 3. The van der Waals surface area contributed by atoms with Crippen molar-refractivity contribution in [3.8, 4) is 0 Å². The molecule has 1 fully saturated rings. The first-order valence-corrected chi connectivity index (χ1v) is 9.93. The summed E-state index contributed by atoms with van der Waals surface area (Å²) in [6.45, 7) is 4.11. The third-order valence-electron chi connectivity index (χ3n) is 5.02. The zero-order valence-electron chi connectivity index (χ0n) is 16.4. The van der Waals surface area contributed by atoms with Crippen LogP contribution in [-0.2, 0) is 14.3 Å². The highest BCUT2D eigenvalue weighted by Crippen LogP contribution is 2.30. The van der Waals surface area contributed by atoms with E-state index in [2.05, 4.69) is 5.32 Å². The Bertz CT molecular complexity index is 1030. The van der Waals surface area contributed by atoms with E-state index < -0.39 is 11.8 Å². The van der Waals surface area contributed by atoms with E-state index in [1.165, 1.54) is 0 Å². The molecule has 2 aromatic rings. The molecule has 0 aromatic heterocycles. The molecule has 4 rings (SSSR count). The van der Waals surface area contributed by atoms with Crippen LogP contribution in [0.3, 0.4) is 0 Å². The smallest absolute Gasteiger partial charge is 0.283 e. The zero-order valence-corrected chi connectivity index (χ0v) is 17.1. The van der Waals surface area contributed by atoms with Crippen molar-refractivity contribution in [2.45, 2.75) is 6.92 Å². The normalized spacial score (nSPS) is 17.0. The quantitative estimate of drug-likeness (QED) is 0.762. The Balaban J connectivity index is 1.49. The lowest BCUT2D eigenvalue weighted by atomic mass is 10.1. The third kappa shape index (κ3) is 3.81. The number of carbonyl (C=O) groups is 3. The lowest BCUT2D eigenvalue weighted by molar-refractivity contribution is -0.120. The third-order valence-corrected chi connectivity index (χ3v) is 5.37. The number of amides is 3. The Labute approximate surface area is 178 Å². The van der Waals surface area contributed by atoms with Gasteiger partial charge in [0, 0.05) is 24.3 Å². The maximum atomic E-state index is 12.8. The van der Waals surface area contributed by atoms with Gasteiger partial charge in [-0.25, -0.2) is 4.90 Å². The van der Waals surface area contributed by atoms with E-state index in [-0.39, 0.29) is 16.6 Å². The maximum Gasteiger partial charge on any atom is 0.283 e. The molecule has 0 bridgehead atoms. The molecule has 7 nitrogen and oxygen atoms in total. The van der Waals surface area contributed by atoms with E-state index in [1.54, 1.807) is 41.3 Å². The molecule has 2 aliphatic heterocycles.